The van der Waals surface area contributed by atoms with Gasteiger partial charge in [0.25, 0.3) is 5.91 Å². The van der Waals surface area contributed by atoms with E-state index in [0.29, 0.717) is 25.2 Å². The molecule has 31 heavy (non-hydrogen) atoms. The Morgan fingerprint density at radius 2 is 1.84 bits per heavy atom. The quantitative estimate of drug-likeness (QED) is 0.659. The fourth-order valence-corrected chi connectivity index (χ4v) is 3.74. The largest absolute Gasteiger partial charge is 0.348 e. The molecule has 0 aliphatic carbocycles. The van der Waals surface area contributed by atoms with Crippen molar-refractivity contribution in [1.82, 2.24) is 15.2 Å². The summed E-state index contributed by atoms with van der Waals surface area (Å²) in [6.45, 7) is 4.53. The van der Waals surface area contributed by atoms with Gasteiger partial charge in [0.1, 0.15) is 0 Å². The Balaban J connectivity index is 1.40. The second-order valence-corrected chi connectivity index (χ2v) is 7.73. The van der Waals surface area contributed by atoms with Crippen LogP contribution in [0.4, 0.5) is 10.5 Å². The average molecular weight is 415 g/mol. The SMILES string of the molecule is Cc1ccccc1CN1CCCN(c2ccc(C(=O)NCc3cccnc3)cc2)C1=O. The zero-order chi connectivity index (χ0) is 21.6. The zero-order valence-electron chi connectivity index (χ0n) is 17.6. The molecule has 1 aliphatic heterocycles. The molecule has 0 unspecified atom stereocenters. The molecule has 3 amide bonds. The summed E-state index contributed by atoms with van der Waals surface area (Å²) in [5.41, 5.74) is 4.67. The van der Waals surface area contributed by atoms with Crippen molar-refractivity contribution in [1.29, 1.82) is 0 Å². The number of carbonyl (C=O) groups is 2. The van der Waals surface area contributed by atoms with Crippen LogP contribution in [0.15, 0.2) is 73.1 Å². The van der Waals surface area contributed by atoms with Gasteiger partial charge >= 0.3 is 6.03 Å². The van der Waals surface area contributed by atoms with E-state index in [2.05, 4.69) is 29.4 Å². The first-order valence-corrected chi connectivity index (χ1v) is 10.5. The minimum atomic E-state index is -0.151. The number of rotatable bonds is 6. The van der Waals surface area contributed by atoms with Crippen molar-refractivity contribution in [3.63, 3.8) is 0 Å². The monoisotopic (exact) mass is 414 g/mol. The number of nitrogens with one attached hydrogen (secondary N) is 1. The number of carbonyl (C=O) groups excluding carboxylic acids is 2. The summed E-state index contributed by atoms with van der Waals surface area (Å²) in [5, 5.41) is 2.89. The maximum atomic E-state index is 13.1. The molecule has 0 radical (unpaired) electrons. The molecule has 6 nitrogen and oxygen atoms in total. The Bertz CT molecular complexity index is 1050. The highest BCUT2D eigenvalue weighted by molar-refractivity contribution is 5.96. The molecule has 158 valence electrons. The summed E-state index contributed by atoms with van der Waals surface area (Å²) >= 11 is 0. The van der Waals surface area contributed by atoms with E-state index in [4.69, 9.17) is 0 Å². The third-order valence-electron chi connectivity index (χ3n) is 5.55. The summed E-state index contributed by atoms with van der Waals surface area (Å²) in [7, 11) is 0. The lowest BCUT2D eigenvalue weighted by Crippen LogP contribution is -2.49. The Morgan fingerprint density at radius 3 is 2.58 bits per heavy atom. The van der Waals surface area contributed by atoms with Gasteiger partial charge in [0, 0.05) is 49.8 Å². The van der Waals surface area contributed by atoms with Gasteiger partial charge in [-0.25, -0.2) is 4.79 Å². The van der Waals surface area contributed by atoms with Crippen molar-refractivity contribution in [2.45, 2.75) is 26.4 Å². The number of nitrogens with zero attached hydrogens (tertiary/aromatic N) is 3. The molecule has 2 aromatic carbocycles. The summed E-state index contributed by atoms with van der Waals surface area (Å²) in [4.78, 5) is 33.3. The molecule has 0 bridgehead atoms. The minimum Gasteiger partial charge on any atom is -0.348 e. The zero-order valence-corrected chi connectivity index (χ0v) is 17.6. The van der Waals surface area contributed by atoms with Crippen molar-refractivity contribution in [2.24, 2.45) is 0 Å². The molecule has 1 N–H and O–H groups in total. The van der Waals surface area contributed by atoms with Gasteiger partial charge in [-0.05, 0) is 60.4 Å². The molecule has 1 aromatic heterocycles. The molecule has 1 aliphatic rings. The fourth-order valence-electron chi connectivity index (χ4n) is 3.74. The highest BCUT2D eigenvalue weighted by Gasteiger charge is 2.27. The Kier molecular flexibility index (Phi) is 6.26. The van der Waals surface area contributed by atoms with Crippen LogP contribution in [-0.4, -0.2) is 34.9 Å². The number of benzene rings is 2. The van der Waals surface area contributed by atoms with E-state index in [9.17, 15) is 9.59 Å². The molecule has 3 aromatic rings. The molecule has 2 heterocycles. The van der Waals surface area contributed by atoms with E-state index in [1.54, 1.807) is 29.4 Å². The lowest BCUT2D eigenvalue weighted by molar-refractivity contribution is 0.0951. The van der Waals surface area contributed by atoms with Gasteiger partial charge in [-0.3, -0.25) is 14.7 Å². The lowest BCUT2D eigenvalue weighted by atomic mass is 10.1. The molecule has 0 spiro atoms. The van der Waals surface area contributed by atoms with E-state index < -0.39 is 0 Å². The third kappa shape index (κ3) is 4.91. The predicted molar refractivity (Wildman–Crippen MR) is 121 cm³/mol. The molecular formula is C25H26N4O2. The van der Waals surface area contributed by atoms with Gasteiger partial charge in [0.2, 0.25) is 0 Å². The molecular weight excluding hydrogens is 388 g/mol. The van der Waals surface area contributed by atoms with E-state index in [-0.39, 0.29) is 11.9 Å². The summed E-state index contributed by atoms with van der Waals surface area (Å²) in [6, 6.07) is 19.1. The Hall–Kier alpha value is -3.67. The van der Waals surface area contributed by atoms with Crippen molar-refractivity contribution >= 4 is 17.6 Å². The average Bonchev–Trinajstić information content (AvgIpc) is 2.81. The maximum absolute atomic E-state index is 13.1. The number of aryl methyl sites for hydroxylation is 1. The van der Waals surface area contributed by atoms with E-state index >= 15 is 0 Å². The third-order valence-corrected chi connectivity index (χ3v) is 5.55. The number of hydrogen-bond acceptors (Lipinski definition) is 3. The van der Waals surface area contributed by atoms with Crippen LogP contribution in [0, 0.1) is 6.92 Å². The second-order valence-electron chi connectivity index (χ2n) is 7.73. The molecule has 6 heteroatoms. The van der Waals surface area contributed by atoms with Crippen LogP contribution in [0.2, 0.25) is 0 Å². The number of urea groups is 1. The van der Waals surface area contributed by atoms with Crippen molar-refractivity contribution in [3.05, 3.63) is 95.3 Å². The summed E-state index contributed by atoms with van der Waals surface area (Å²) in [5.74, 6) is -0.151. The summed E-state index contributed by atoms with van der Waals surface area (Å²) < 4.78 is 0. The smallest absolute Gasteiger partial charge is 0.324 e. The van der Waals surface area contributed by atoms with Gasteiger partial charge in [0.05, 0.1) is 0 Å². The standard InChI is InChI=1S/C25H26N4O2/c1-19-6-2-3-8-22(19)18-28-14-5-15-29(25(28)31)23-11-9-21(10-12-23)24(30)27-17-20-7-4-13-26-16-20/h2-4,6-13,16H,5,14-15,17-18H2,1H3,(H,27,30). The molecule has 1 fully saturated rings. The molecule has 1 saturated heterocycles. The van der Waals surface area contributed by atoms with Crippen molar-refractivity contribution in [3.8, 4) is 0 Å². The second kappa shape index (κ2) is 9.43. The van der Waals surface area contributed by atoms with Gasteiger partial charge < -0.3 is 10.2 Å². The van der Waals surface area contributed by atoms with Crippen LogP contribution >= 0.6 is 0 Å². The number of hydrogen-bond donors (Lipinski definition) is 1. The van der Waals surface area contributed by atoms with Gasteiger partial charge in [-0.2, -0.15) is 0 Å². The number of anilines is 1. The first kappa shape index (κ1) is 20.6. The van der Waals surface area contributed by atoms with Gasteiger partial charge in [-0.15, -0.1) is 0 Å². The normalized spacial score (nSPS) is 13.9. The van der Waals surface area contributed by atoms with Crippen molar-refractivity contribution in [2.75, 3.05) is 18.0 Å². The Labute approximate surface area is 182 Å². The van der Waals surface area contributed by atoms with E-state index in [1.807, 2.05) is 41.3 Å². The summed E-state index contributed by atoms with van der Waals surface area (Å²) in [6.07, 6.45) is 4.34. The topological polar surface area (TPSA) is 65.5 Å². The first-order chi connectivity index (χ1) is 15.1. The van der Waals surface area contributed by atoms with Crippen LogP contribution < -0.4 is 10.2 Å². The highest BCUT2D eigenvalue weighted by atomic mass is 16.2. The number of amides is 3. The molecule has 0 atom stereocenters. The number of pyridine rings is 1. The molecule has 0 saturated carbocycles. The predicted octanol–water partition coefficient (Wildman–Crippen LogP) is 4.15. The minimum absolute atomic E-state index is 0.00304. The Morgan fingerprint density at radius 1 is 1.03 bits per heavy atom. The van der Waals surface area contributed by atoms with Crippen LogP contribution in [0.5, 0.6) is 0 Å². The maximum Gasteiger partial charge on any atom is 0.324 e. The van der Waals surface area contributed by atoms with Crippen LogP contribution in [0.1, 0.15) is 33.5 Å². The van der Waals surface area contributed by atoms with Gasteiger partial charge in [0.15, 0.2) is 0 Å². The lowest BCUT2D eigenvalue weighted by Gasteiger charge is -2.36. The van der Waals surface area contributed by atoms with Crippen LogP contribution in [-0.2, 0) is 13.1 Å². The van der Waals surface area contributed by atoms with Crippen molar-refractivity contribution < 1.29 is 9.59 Å². The highest BCUT2D eigenvalue weighted by Crippen LogP contribution is 2.22. The molecule has 4 rings (SSSR count). The van der Waals surface area contributed by atoms with Crippen LogP contribution in [0.3, 0.4) is 0 Å². The van der Waals surface area contributed by atoms with E-state index in [1.165, 1.54) is 11.1 Å². The van der Waals surface area contributed by atoms with Crippen LogP contribution in [0.25, 0.3) is 0 Å². The van der Waals surface area contributed by atoms with E-state index in [0.717, 1.165) is 24.2 Å². The number of aromatic nitrogens is 1. The first-order valence-electron chi connectivity index (χ1n) is 10.5. The van der Waals surface area contributed by atoms with Gasteiger partial charge in [-0.1, -0.05) is 30.3 Å². The fraction of sp³-hybridized carbons (Fsp3) is 0.240.